The molecular formula is C12H19N3O. The minimum absolute atomic E-state index is 0.0684. The fourth-order valence-electron chi connectivity index (χ4n) is 1.42. The molecule has 88 valence electrons. The van der Waals surface area contributed by atoms with Gasteiger partial charge in [0.25, 0.3) is 5.91 Å². The molecule has 1 aromatic carbocycles. The molecule has 0 radical (unpaired) electrons. The fraction of sp³-hybridized carbons (Fsp3) is 0.417. The molecule has 0 spiro atoms. The van der Waals surface area contributed by atoms with Gasteiger partial charge < -0.3 is 16.4 Å². The van der Waals surface area contributed by atoms with E-state index in [1.807, 2.05) is 6.92 Å². The number of hydrogen-bond acceptors (Lipinski definition) is 3. The van der Waals surface area contributed by atoms with Crippen LogP contribution in [0.3, 0.4) is 0 Å². The third-order valence-electron chi connectivity index (χ3n) is 2.19. The summed E-state index contributed by atoms with van der Waals surface area (Å²) in [5.41, 5.74) is 7.80. The van der Waals surface area contributed by atoms with Gasteiger partial charge in [0.05, 0.1) is 5.56 Å². The summed E-state index contributed by atoms with van der Waals surface area (Å²) in [7, 11) is 0. The van der Waals surface area contributed by atoms with Gasteiger partial charge in [0.15, 0.2) is 0 Å². The van der Waals surface area contributed by atoms with Gasteiger partial charge in [-0.3, -0.25) is 4.79 Å². The minimum Gasteiger partial charge on any atom is -0.399 e. The zero-order chi connectivity index (χ0) is 12.0. The van der Waals surface area contributed by atoms with Crippen LogP contribution >= 0.6 is 0 Å². The van der Waals surface area contributed by atoms with Gasteiger partial charge in [-0.1, -0.05) is 6.92 Å². The second-order valence-electron chi connectivity index (χ2n) is 3.59. The van der Waals surface area contributed by atoms with E-state index >= 15 is 0 Å². The molecule has 4 heteroatoms. The van der Waals surface area contributed by atoms with Crippen molar-refractivity contribution < 1.29 is 4.79 Å². The highest BCUT2D eigenvalue weighted by atomic mass is 16.1. The van der Waals surface area contributed by atoms with Crippen molar-refractivity contribution in [3.8, 4) is 0 Å². The van der Waals surface area contributed by atoms with Crippen LogP contribution in [0.5, 0.6) is 0 Å². The number of hydrogen-bond donors (Lipinski definition) is 3. The van der Waals surface area contributed by atoms with Crippen LogP contribution in [0.2, 0.25) is 0 Å². The molecular weight excluding hydrogens is 202 g/mol. The van der Waals surface area contributed by atoms with E-state index in [1.165, 1.54) is 0 Å². The average Bonchev–Trinajstić information content (AvgIpc) is 2.26. The Bertz CT molecular complexity index is 363. The van der Waals surface area contributed by atoms with Crippen LogP contribution in [-0.4, -0.2) is 19.0 Å². The van der Waals surface area contributed by atoms with Crippen LogP contribution in [0, 0.1) is 0 Å². The van der Waals surface area contributed by atoms with Crippen LogP contribution in [-0.2, 0) is 0 Å². The quantitative estimate of drug-likeness (QED) is 0.665. The first kappa shape index (κ1) is 12.4. The van der Waals surface area contributed by atoms with Gasteiger partial charge in [0, 0.05) is 24.5 Å². The molecule has 0 unspecified atom stereocenters. The lowest BCUT2D eigenvalue weighted by Crippen LogP contribution is -2.24. The molecule has 0 heterocycles. The molecule has 0 fully saturated rings. The van der Waals surface area contributed by atoms with E-state index in [0.717, 1.165) is 18.7 Å². The second-order valence-corrected chi connectivity index (χ2v) is 3.59. The van der Waals surface area contributed by atoms with E-state index < -0.39 is 0 Å². The zero-order valence-corrected chi connectivity index (χ0v) is 9.84. The van der Waals surface area contributed by atoms with Crippen LogP contribution in [0.1, 0.15) is 30.6 Å². The van der Waals surface area contributed by atoms with E-state index in [2.05, 4.69) is 17.6 Å². The van der Waals surface area contributed by atoms with Gasteiger partial charge in [0.2, 0.25) is 0 Å². The van der Waals surface area contributed by atoms with Crippen molar-refractivity contribution in [1.29, 1.82) is 0 Å². The minimum atomic E-state index is -0.0684. The Morgan fingerprint density at radius 3 is 2.75 bits per heavy atom. The standard InChI is InChI=1S/C12H19N3O/c1-3-7-15-11-8-9(13)5-6-10(11)12(16)14-4-2/h5-6,8,15H,3-4,7,13H2,1-2H3,(H,14,16). The maximum Gasteiger partial charge on any atom is 0.253 e. The predicted octanol–water partition coefficient (Wildman–Crippen LogP) is 1.84. The third kappa shape index (κ3) is 3.15. The molecule has 0 aliphatic rings. The molecule has 1 rings (SSSR count). The summed E-state index contributed by atoms with van der Waals surface area (Å²) in [6.07, 6.45) is 1.00. The molecule has 0 aromatic heterocycles. The van der Waals surface area contributed by atoms with E-state index in [0.29, 0.717) is 17.8 Å². The van der Waals surface area contributed by atoms with Crippen LogP contribution < -0.4 is 16.4 Å². The molecule has 0 aliphatic heterocycles. The first-order valence-electron chi connectivity index (χ1n) is 5.60. The highest BCUT2D eigenvalue weighted by Gasteiger charge is 2.10. The number of carbonyl (C=O) groups excluding carboxylic acids is 1. The molecule has 1 aromatic rings. The van der Waals surface area contributed by atoms with Crippen molar-refractivity contribution in [2.75, 3.05) is 24.1 Å². The van der Waals surface area contributed by atoms with Gasteiger partial charge in [0.1, 0.15) is 0 Å². The Kier molecular flexibility index (Phi) is 4.64. The summed E-state index contributed by atoms with van der Waals surface area (Å²) in [5, 5.41) is 5.98. The van der Waals surface area contributed by atoms with Gasteiger partial charge >= 0.3 is 0 Å². The van der Waals surface area contributed by atoms with Crippen molar-refractivity contribution in [3.63, 3.8) is 0 Å². The van der Waals surface area contributed by atoms with Gasteiger partial charge in [-0.2, -0.15) is 0 Å². The molecule has 0 atom stereocenters. The fourth-order valence-corrected chi connectivity index (χ4v) is 1.42. The Morgan fingerprint density at radius 1 is 1.38 bits per heavy atom. The lowest BCUT2D eigenvalue weighted by Gasteiger charge is -2.11. The molecule has 0 aliphatic carbocycles. The smallest absolute Gasteiger partial charge is 0.253 e. The monoisotopic (exact) mass is 221 g/mol. The van der Waals surface area contributed by atoms with Crippen molar-refractivity contribution in [2.45, 2.75) is 20.3 Å². The molecule has 4 N–H and O–H groups in total. The number of carbonyl (C=O) groups is 1. The van der Waals surface area contributed by atoms with Crippen LogP contribution in [0.25, 0.3) is 0 Å². The first-order chi connectivity index (χ1) is 7.69. The summed E-state index contributed by atoms with van der Waals surface area (Å²) in [5.74, 6) is -0.0684. The third-order valence-corrected chi connectivity index (χ3v) is 2.19. The Labute approximate surface area is 96.2 Å². The van der Waals surface area contributed by atoms with E-state index in [-0.39, 0.29) is 5.91 Å². The maximum atomic E-state index is 11.7. The molecule has 16 heavy (non-hydrogen) atoms. The number of benzene rings is 1. The molecule has 0 bridgehead atoms. The number of nitrogens with two attached hydrogens (primary N) is 1. The number of nitrogens with one attached hydrogen (secondary N) is 2. The van der Waals surface area contributed by atoms with E-state index in [1.54, 1.807) is 18.2 Å². The summed E-state index contributed by atoms with van der Waals surface area (Å²) < 4.78 is 0. The second kappa shape index (κ2) is 6.00. The number of anilines is 2. The van der Waals surface area contributed by atoms with E-state index in [9.17, 15) is 4.79 Å². The summed E-state index contributed by atoms with van der Waals surface area (Å²) in [6.45, 7) is 5.42. The van der Waals surface area contributed by atoms with Gasteiger partial charge in [-0.25, -0.2) is 0 Å². The summed E-state index contributed by atoms with van der Waals surface area (Å²) in [6, 6.07) is 5.28. The molecule has 0 saturated heterocycles. The maximum absolute atomic E-state index is 11.7. The topological polar surface area (TPSA) is 67.1 Å². The lowest BCUT2D eigenvalue weighted by atomic mass is 10.1. The van der Waals surface area contributed by atoms with Crippen molar-refractivity contribution in [1.82, 2.24) is 5.32 Å². The summed E-state index contributed by atoms with van der Waals surface area (Å²) in [4.78, 5) is 11.7. The summed E-state index contributed by atoms with van der Waals surface area (Å²) >= 11 is 0. The largest absolute Gasteiger partial charge is 0.399 e. The van der Waals surface area contributed by atoms with Crippen molar-refractivity contribution in [2.24, 2.45) is 0 Å². The predicted molar refractivity (Wildman–Crippen MR) is 67.6 cm³/mol. The Morgan fingerprint density at radius 2 is 2.12 bits per heavy atom. The normalized spacial score (nSPS) is 9.88. The Balaban J connectivity index is 2.92. The van der Waals surface area contributed by atoms with Crippen LogP contribution in [0.4, 0.5) is 11.4 Å². The number of amides is 1. The highest BCUT2D eigenvalue weighted by Crippen LogP contribution is 2.19. The molecule has 0 saturated carbocycles. The Hall–Kier alpha value is -1.71. The molecule has 1 amide bonds. The van der Waals surface area contributed by atoms with Gasteiger partial charge in [-0.05, 0) is 31.5 Å². The zero-order valence-electron chi connectivity index (χ0n) is 9.84. The first-order valence-corrected chi connectivity index (χ1v) is 5.60. The number of nitrogen functional groups attached to an aromatic ring is 1. The lowest BCUT2D eigenvalue weighted by molar-refractivity contribution is 0.0956. The SMILES string of the molecule is CCCNc1cc(N)ccc1C(=O)NCC. The van der Waals surface area contributed by atoms with Gasteiger partial charge in [-0.15, -0.1) is 0 Å². The van der Waals surface area contributed by atoms with Crippen molar-refractivity contribution >= 4 is 17.3 Å². The molecule has 4 nitrogen and oxygen atoms in total. The van der Waals surface area contributed by atoms with Crippen LogP contribution in [0.15, 0.2) is 18.2 Å². The highest BCUT2D eigenvalue weighted by molar-refractivity contribution is 6.00. The van der Waals surface area contributed by atoms with E-state index in [4.69, 9.17) is 5.73 Å². The average molecular weight is 221 g/mol. The number of rotatable bonds is 5. The van der Waals surface area contributed by atoms with Crippen molar-refractivity contribution in [3.05, 3.63) is 23.8 Å².